The second kappa shape index (κ2) is 8.22. The van der Waals surface area contributed by atoms with Gasteiger partial charge in [-0.2, -0.15) is 0 Å². The van der Waals surface area contributed by atoms with E-state index in [0.29, 0.717) is 47.4 Å². The van der Waals surface area contributed by atoms with Crippen molar-refractivity contribution in [3.8, 4) is 0 Å². The molecule has 0 aliphatic carbocycles. The van der Waals surface area contributed by atoms with Crippen LogP contribution >= 0.6 is 23.2 Å². The molecule has 5 nitrogen and oxygen atoms in total. The highest BCUT2D eigenvalue weighted by atomic mass is 35.5. The number of nitrogens with zero attached hydrogens (tertiary/aromatic N) is 3. The molecular weight excluding hydrogens is 421 g/mol. The lowest BCUT2D eigenvalue weighted by Crippen LogP contribution is -2.70. The summed E-state index contributed by atoms with van der Waals surface area (Å²) in [5, 5.41) is 1.22. The monoisotopic (exact) mass is 445 g/mol. The Morgan fingerprint density at radius 3 is 1.80 bits per heavy atom. The zero-order valence-corrected chi connectivity index (χ0v) is 18.7. The van der Waals surface area contributed by atoms with Crippen molar-refractivity contribution < 1.29 is 9.59 Å². The van der Waals surface area contributed by atoms with Crippen molar-refractivity contribution in [3.63, 3.8) is 0 Å². The maximum atomic E-state index is 13.1. The van der Waals surface area contributed by atoms with Gasteiger partial charge in [0.25, 0.3) is 11.8 Å². The van der Waals surface area contributed by atoms with Crippen molar-refractivity contribution in [1.29, 1.82) is 0 Å². The summed E-state index contributed by atoms with van der Waals surface area (Å²) in [5.74, 6) is 0.00539. The first-order chi connectivity index (χ1) is 14.2. The van der Waals surface area contributed by atoms with E-state index in [2.05, 4.69) is 18.7 Å². The Kier molecular flexibility index (Phi) is 5.80. The largest absolute Gasteiger partial charge is 0.336 e. The number of hydrogen-bond donors (Lipinski definition) is 0. The second-order valence-corrected chi connectivity index (χ2v) is 9.48. The van der Waals surface area contributed by atoms with Crippen molar-refractivity contribution in [2.75, 3.05) is 32.7 Å². The van der Waals surface area contributed by atoms with Crippen LogP contribution in [0.1, 0.15) is 34.6 Å². The van der Waals surface area contributed by atoms with Gasteiger partial charge >= 0.3 is 0 Å². The van der Waals surface area contributed by atoms with E-state index in [0.717, 1.165) is 6.54 Å². The maximum Gasteiger partial charge on any atom is 0.253 e. The molecule has 2 fully saturated rings. The van der Waals surface area contributed by atoms with Crippen LogP contribution in [0.2, 0.25) is 10.0 Å². The van der Waals surface area contributed by atoms with Crippen LogP contribution in [0.3, 0.4) is 0 Å². The molecule has 0 bridgehead atoms. The first-order valence-electron chi connectivity index (χ1n) is 10.1. The van der Waals surface area contributed by atoms with Gasteiger partial charge in [0, 0.05) is 65.5 Å². The molecule has 0 spiro atoms. The highest BCUT2D eigenvalue weighted by molar-refractivity contribution is 6.31. The third kappa shape index (κ3) is 4.20. The molecule has 1 unspecified atom stereocenters. The summed E-state index contributed by atoms with van der Waals surface area (Å²) in [5.41, 5.74) is 1.10. The number of benzene rings is 2. The Bertz CT molecular complexity index is 942. The summed E-state index contributed by atoms with van der Waals surface area (Å²) in [4.78, 5) is 32.3. The first-order valence-corrected chi connectivity index (χ1v) is 10.9. The molecular formula is C23H25Cl2N3O2. The SMILES string of the molecule is CC1(C)CN(C(=O)c2ccc(Cl)cc2)CC2CN(C(=O)c3ccc(Cl)cc3)CCN21. The number of rotatable bonds is 2. The Morgan fingerprint density at radius 1 is 0.800 bits per heavy atom. The standard InChI is InChI=1S/C23H25Cl2N3O2/c1-23(2)15-27(22(30)17-5-9-19(25)10-6-17)14-20-13-26(11-12-28(20)23)21(29)16-3-7-18(24)8-4-16/h3-10,20H,11-15H2,1-2H3. The smallest absolute Gasteiger partial charge is 0.253 e. The molecule has 0 saturated carbocycles. The van der Waals surface area contributed by atoms with Crippen LogP contribution in [0.5, 0.6) is 0 Å². The van der Waals surface area contributed by atoms with E-state index >= 15 is 0 Å². The predicted molar refractivity (Wildman–Crippen MR) is 119 cm³/mol. The lowest BCUT2D eigenvalue weighted by molar-refractivity contribution is -0.0507. The summed E-state index contributed by atoms with van der Waals surface area (Å²) < 4.78 is 0. The number of hydrogen-bond acceptors (Lipinski definition) is 3. The predicted octanol–water partition coefficient (Wildman–Crippen LogP) is 4.05. The van der Waals surface area contributed by atoms with E-state index in [1.165, 1.54) is 0 Å². The fourth-order valence-electron chi connectivity index (χ4n) is 4.57. The van der Waals surface area contributed by atoms with Gasteiger partial charge in [-0.1, -0.05) is 23.2 Å². The van der Waals surface area contributed by atoms with Crippen LogP contribution in [0, 0.1) is 0 Å². The van der Waals surface area contributed by atoms with E-state index in [9.17, 15) is 9.59 Å². The third-order valence-electron chi connectivity index (χ3n) is 6.03. The van der Waals surface area contributed by atoms with Gasteiger partial charge in [-0.25, -0.2) is 0 Å². The zero-order chi connectivity index (χ0) is 21.5. The minimum atomic E-state index is -0.166. The molecule has 2 saturated heterocycles. The van der Waals surface area contributed by atoms with Crippen molar-refractivity contribution in [3.05, 3.63) is 69.7 Å². The first kappa shape index (κ1) is 21.2. The van der Waals surface area contributed by atoms with Crippen LogP contribution in [0.25, 0.3) is 0 Å². The summed E-state index contributed by atoms with van der Waals surface area (Å²) >= 11 is 11.9. The fraction of sp³-hybridized carbons (Fsp3) is 0.391. The van der Waals surface area contributed by atoms with E-state index in [1.54, 1.807) is 48.5 Å². The van der Waals surface area contributed by atoms with Crippen LogP contribution < -0.4 is 0 Å². The molecule has 2 heterocycles. The van der Waals surface area contributed by atoms with Crippen molar-refractivity contribution >= 4 is 35.0 Å². The summed E-state index contributed by atoms with van der Waals surface area (Å²) in [6, 6.07) is 14.1. The Hall–Kier alpha value is -2.08. The molecule has 1 atom stereocenters. The molecule has 2 amide bonds. The molecule has 0 aromatic heterocycles. The van der Waals surface area contributed by atoms with Gasteiger partial charge in [0.1, 0.15) is 0 Å². The molecule has 0 radical (unpaired) electrons. The molecule has 2 aromatic rings. The molecule has 30 heavy (non-hydrogen) atoms. The number of carbonyl (C=O) groups excluding carboxylic acids is 2. The number of fused-ring (bicyclic) bond motifs is 1. The molecule has 2 aliphatic heterocycles. The number of piperazine rings is 2. The van der Waals surface area contributed by atoms with Crippen molar-refractivity contribution in [1.82, 2.24) is 14.7 Å². The fourth-order valence-corrected chi connectivity index (χ4v) is 4.83. The Labute approximate surface area is 187 Å². The van der Waals surface area contributed by atoms with Gasteiger partial charge in [-0.15, -0.1) is 0 Å². The normalized spacial score (nSPS) is 21.3. The molecule has 0 N–H and O–H groups in total. The Balaban J connectivity index is 1.51. The van der Waals surface area contributed by atoms with Crippen LogP contribution in [-0.4, -0.2) is 70.8 Å². The van der Waals surface area contributed by atoms with Crippen LogP contribution in [0.4, 0.5) is 0 Å². The summed E-state index contributed by atoms with van der Waals surface area (Å²) in [7, 11) is 0. The van der Waals surface area contributed by atoms with E-state index < -0.39 is 0 Å². The quantitative estimate of drug-likeness (QED) is 0.699. The van der Waals surface area contributed by atoms with Gasteiger partial charge < -0.3 is 9.80 Å². The van der Waals surface area contributed by atoms with Crippen LogP contribution in [-0.2, 0) is 0 Å². The van der Waals surface area contributed by atoms with Crippen molar-refractivity contribution in [2.45, 2.75) is 25.4 Å². The van der Waals surface area contributed by atoms with Crippen molar-refractivity contribution in [2.24, 2.45) is 0 Å². The highest BCUT2D eigenvalue weighted by Gasteiger charge is 2.44. The van der Waals surface area contributed by atoms with Crippen LogP contribution in [0.15, 0.2) is 48.5 Å². The van der Waals surface area contributed by atoms with Gasteiger partial charge in [0.15, 0.2) is 0 Å². The number of halogens is 2. The number of amides is 2. The van der Waals surface area contributed by atoms with E-state index in [1.807, 2.05) is 9.80 Å². The average Bonchev–Trinajstić information content (AvgIpc) is 2.73. The summed E-state index contributed by atoms with van der Waals surface area (Å²) in [6.45, 7) is 7.63. The molecule has 4 rings (SSSR count). The minimum absolute atomic E-state index is 0.000503. The number of carbonyl (C=O) groups is 2. The minimum Gasteiger partial charge on any atom is -0.336 e. The molecule has 7 heteroatoms. The summed E-state index contributed by atoms with van der Waals surface area (Å²) in [6.07, 6.45) is 0. The van der Waals surface area contributed by atoms with E-state index in [4.69, 9.17) is 23.2 Å². The van der Waals surface area contributed by atoms with E-state index in [-0.39, 0.29) is 23.4 Å². The van der Waals surface area contributed by atoms with Gasteiger partial charge in [0.05, 0.1) is 0 Å². The van der Waals surface area contributed by atoms with Gasteiger partial charge in [0.2, 0.25) is 0 Å². The zero-order valence-electron chi connectivity index (χ0n) is 17.1. The Morgan fingerprint density at radius 2 is 1.27 bits per heavy atom. The highest BCUT2D eigenvalue weighted by Crippen LogP contribution is 2.29. The third-order valence-corrected chi connectivity index (χ3v) is 6.53. The lowest BCUT2D eigenvalue weighted by atomic mass is 9.92. The average molecular weight is 446 g/mol. The maximum absolute atomic E-state index is 13.1. The van der Waals surface area contributed by atoms with Gasteiger partial charge in [-0.3, -0.25) is 14.5 Å². The second-order valence-electron chi connectivity index (χ2n) is 8.61. The molecule has 2 aliphatic rings. The topological polar surface area (TPSA) is 43.9 Å². The lowest BCUT2D eigenvalue weighted by Gasteiger charge is -2.55. The molecule has 158 valence electrons. The van der Waals surface area contributed by atoms with Gasteiger partial charge in [-0.05, 0) is 62.4 Å². The molecule has 2 aromatic carbocycles.